The molecule has 30 heteroatoms. The number of unbranched alkanes of at least 4 members (excludes halogenated alkanes) is 1. The number of thioether (sulfide) groups is 1. The van der Waals surface area contributed by atoms with E-state index in [-0.39, 0.29) is 104 Å². The lowest BCUT2D eigenvalue weighted by Gasteiger charge is -2.47. The van der Waals surface area contributed by atoms with E-state index in [9.17, 15) is 33.6 Å². The van der Waals surface area contributed by atoms with Gasteiger partial charge < -0.3 is 97.2 Å². The fourth-order valence-corrected chi connectivity index (χ4v) is 16.0. The fourth-order valence-electron chi connectivity index (χ4n) is 15.2. The number of carbonyl (C=O) groups excluding carboxylic acids is 7. The van der Waals surface area contributed by atoms with Gasteiger partial charge in [0, 0.05) is 116 Å². The maximum Gasteiger partial charge on any atom is 0.276 e. The Morgan fingerprint density at radius 3 is 1.03 bits per heavy atom. The number of rotatable bonds is 72. The van der Waals surface area contributed by atoms with Crippen LogP contribution < -0.4 is 21.3 Å². The van der Waals surface area contributed by atoms with Crippen molar-refractivity contribution in [2.24, 2.45) is 32.5 Å². The van der Waals surface area contributed by atoms with E-state index in [2.05, 4.69) is 135 Å². The predicted molar refractivity (Wildman–Crippen MR) is 512 cm³/mol. The molecule has 4 N–H and O–H groups in total. The van der Waals surface area contributed by atoms with Crippen LogP contribution in [0.2, 0.25) is 0 Å². The number of hydrogen-bond acceptors (Lipinski definition) is 23. The minimum absolute atomic E-state index is 0.00357. The van der Waals surface area contributed by atoms with Gasteiger partial charge in [0.05, 0.1) is 152 Å². The number of hydrogen-bond donors (Lipinski definition) is 4. The van der Waals surface area contributed by atoms with Crippen LogP contribution in [0.25, 0.3) is 11.5 Å². The lowest BCUT2D eigenvalue weighted by Crippen LogP contribution is -2.58. The van der Waals surface area contributed by atoms with Gasteiger partial charge >= 0.3 is 0 Å². The zero-order chi connectivity index (χ0) is 97.8. The zero-order valence-corrected chi connectivity index (χ0v) is 87.2. The van der Waals surface area contributed by atoms with Crippen molar-refractivity contribution in [3.8, 4) is 11.5 Å². The van der Waals surface area contributed by atoms with Gasteiger partial charge in [-0.05, 0) is 204 Å². The Hall–Kier alpha value is -5.48. The van der Waals surface area contributed by atoms with E-state index in [0.717, 1.165) is 31.4 Å². The normalized spacial score (nSPS) is 13.2. The highest BCUT2D eigenvalue weighted by molar-refractivity contribution is 7.99. The molecule has 7 amide bonds. The molecule has 1 aromatic heterocycles. The molecule has 748 valence electrons. The average molecular weight is 1850 g/mol. The molecule has 0 spiro atoms. The minimum atomic E-state index is -0.679. The Bertz CT molecular complexity index is 3350. The Morgan fingerprint density at radius 1 is 0.388 bits per heavy atom. The standard InChI is InChI=1S/C99H181N9O20S/c1-32-33-70-129-87-105-104-81(128-87)77-34-36-78(37-35-77)82(111)106(50-56-118-60-64-122-68-66-120-62-58-116-52-38-79(109)100-46-40-96(24,25)124-54-44-90(12,13)83(112)102-48-42-98(28,29)126-73-94(20,21)107(75(2)3)85(114)92(16,17)71-88(6,7)8)51-57-119-61-65-123-69-67-121-63-59-117-53-39-80(110)101-47-41-97(26,27)125-55-45-91(14,15)84(113)103-49-43-99(30,31)127-74-95(22,23)108(76(4)5)86(115)93(18,19)72-89(9,10)11/h34-37,75-76H,32-33,38-74H2,1-31H3,(H,100,109)(H,101,110)(H,102,112)(H,103,113). The largest absolute Gasteiger partial charge is 0.411 e. The van der Waals surface area contributed by atoms with Gasteiger partial charge in [-0.15, -0.1) is 10.2 Å². The molecule has 0 saturated heterocycles. The molecule has 0 aliphatic carbocycles. The van der Waals surface area contributed by atoms with Gasteiger partial charge in [0.25, 0.3) is 11.1 Å². The van der Waals surface area contributed by atoms with Gasteiger partial charge in [0.15, 0.2) is 0 Å². The lowest BCUT2D eigenvalue weighted by molar-refractivity contribution is -0.157. The molecule has 1 heterocycles. The molecule has 2 aromatic rings. The maximum absolute atomic E-state index is 14.0. The van der Waals surface area contributed by atoms with E-state index in [1.807, 2.05) is 121 Å². The van der Waals surface area contributed by atoms with Crippen molar-refractivity contribution >= 4 is 53.1 Å². The molecule has 29 nitrogen and oxygen atoms in total. The van der Waals surface area contributed by atoms with Crippen molar-refractivity contribution in [3.05, 3.63) is 29.8 Å². The van der Waals surface area contributed by atoms with Gasteiger partial charge in [-0.2, -0.15) is 0 Å². The summed E-state index contributed by atoms with van der Waals surface area (Å²) >= 11 is 1.52. The smallest absolute Gasteiger partial charge is 0.276 e. The molecular weight excluding hydrogens is 1670 g/mol. The molecule has 0 atom stereocenters. The highest BCUT2D eigenvalue weighted by Gasteiger charge is 2.46. The van der Waals surface area contributed by atoms with E-state index < -0.39 is 55.1 Å². The monoisotopic (exact) mass is 1850 g/mol. The predicted octanol–water partition coefficient (Wildman–Crippen LogP) is 16.0. The van der Waals surface area contributed by atoms with Crippen LogP contribution in [0, 0.1) is 32.5 Å². The van der Waals surface area contributed by atoms with Gasteiger partial charge in [-0.25, -0.2) is 0 Å². The van der Waals surface area contributed by atoms with Crippen LogP contribution in [0.4, 0.5) is 0 Å². The SMILES string of the molecule is CCCCSc1nnc(-c2ccc(C(=O)N(CCOCCOCCOCCOCCC(=O)NCCC(C)(C)OCCC(C)(C)C(=O)NCCC(C)(C)OCC(C)(C)N(C(=O)C(C)(C)CC(C)(C)C)C(C)C)CCOCCOCCOCCOCCC(=O)NCCC(C)(C)OCCC(C)(C)C(=O)NCCC(C)(C)OCC(C)(C)N(C(=O)C(C)(C)CC(C)(C)C)C(C)C)cc2)o1. The molecule has 1 aromatic carbocycles. The number of amides is 7. The summed E-state index contributed by atoms with van der Waals surface area (Å²) in [6.07, 6.45) is 7.42. The zero-order valence-electron chi connectivity index (χ0n) is 86.4. The molecule has 0 radical (unpaired) electrons. The van der Waals surface area contributed by atoms with Crippen molar-refractivity contribution in [3.63, 3.8) is 0 Å². The molecule has 2 rings (SSSR count). The van der Waals surface area contributed by atoms with Crippen LogP contribution in [0.1, 0.15) is 302 Å². The van der Waals surface area contributed by atoms with Crippen molar-refractivity contribution in [1.82, 2.24) is 46.2 Å². The number of nitrogens with zero attached hydrogens (tertiary/aromatic N) is 5. The summed E-state index contributed by atoms with van der Waals surface area (Å²) in [5.41, 5.74) is -4.49. The van der Waals surface area contributed by atoms with E-state index in [1.165, 1.54) is 11.8 Å². The average Bonchev–Trinajstić information content (AvgIpc) is 1.48. The second kappa shape index (κ2) is 57.4. The van der Waals surface area contributed by atoms with Crippen LogP contribution in [0.15, 0.2) is 33.9 Å². The summed E-state index contributed by atoms with van der Waals surface area (Å²) in [4.78, 5) is 99.9. The van der Waals surface area contributed by atoms with Crippen molar-refractivity contribution < 1.29 is 94.8 Å². The summed E-state index contributed by atoms with van der Waals surface area (Å²) in [7, 11) is 0. The van der Waals surface area contributed by atoms with Crippen molar-refractivity contribution in [1.29, 1.82) is 0 Å². The topological polar surface area (TPSA) is 327 Å². The van der Waals surface area contributed by atoms with Gasteiger partial charge in [0.2, 0.25) is 41.3 Å². The summed E-state index contributed by atoms with van der Waals surface area (Å²) < 4.78 is 77.3. The van der Waals surface area contributed by atoms with E-state index >= 15 is 0 Å². The summed E-state index contributed by atoms with van der Waals surface area (Å²) in [6.45, 7) is 72.2. The molecule has 0 aliphatic rings. The number of benzene rings is 1. The second-order valence-corrected chi connectivity index (χ2v) is 44.6. The third-order valence-corrected chi connectivity index (χ3v) is 23.2. The highest BCUT2D eigenvalue weighted by Crippen LogP contribution is 2.40. The minimum Gasteiger partial charge on any atom is -0.411 e. The summed E-state index contributed by atoms with van der Waals surface area (Å²) in [5.74, 6) is 0.947. The van der Waals surface area contributed by atoms with Crippen molar-refractivity contribution in [2.45, 2.75) is 342 Å². The first kappa shape index (κ1) is 120. The molecule has 0 aliphatic heterocycles. The van der Waals surface area contributed by atoms with Crippen LogP contribution in [0.3, 0.4) is 0 Å². The first-order valence-corrected chi connectivity index (χ1v) is 48.5. The Labute approximate surface area is 783 Å². The number of carbonyl (C=O) groups is 7. The quantitative estimate of drug-likeness (QED) is 0.0353. The van der Waals surface area contributed by atoms with Gasteiger partial charge in [0.1, 0.15) is 0 Å². The Morgan fingerprint density at radius 2 is 0.705 bits per heavy atom. The lowest BCUT2D eigenvalue weighted by atomic mass is 9.74. The van der Waals surface area contributed by atoms with E-state index in [4.69, 9.17) is 61.3 Å². The summed E-state index contributed by atoms with van der Waals surface area (Å²) in [5, 5.41) is 21.0. The first-order chi connectivity index (χ1) is 59.7. The number of aromatic nitrogens is 2. The molecule has 0 bridgehead atoms. The molecule has 129 heavy (non-hydrogen) atoms. The Kier molecular flexibility index (Phi) is 53.2. The van der Waals surface area contributed by atoms with Gasteiger partial charge in [-0.3, -0.25) is 33.6 Å². The number of nitrogens with one attached hydrogen (secondary N) is 4. The molecule has 0 unspecified atom stereocenters. The van der Waals surface area contributed by atoms with Crippen LogP contribution in [0.5, 0.6) is 0 Å². The third-order valence-electron chi connectivity index (χ3n) is 22.3. The molecule has 0 saturated carbocycles. The van der Waals surface area contributed by atoms with Crippen LogP contribution in [-0.4, -0.2) is 289 Å². The van der Waals surface area contributed by atoms with Crippen LogP contribution in [-0.2, 0) is 85.6 Å². The van der Waals surface area contributed by atoms with E-state index in [1.54, 1.807) is 29.2 Å². The molecular formula is C99H181N9O20S. The second-order valence-electron chi connectivity index (χ2n) is 43.5. The highest BCUT2D eigenvalue weighted by atomic mass is 32.2. The maximum atomic E-state index is 14.0. The fraction of sp³-hybridized carbons (Fsp3) is 0.848. The summed E-state index contributed by atoms with van der Waals surface area (Å²) in [6, 6.07) is 7.07. The number of ether oxygens (including phenoxy) is 12. The Balaban J connectivity index is 1.65. The van der Waals surface area contributed by atoms with Gasteiger partial charge in [-0.1, -0.05) is 122 Å². The third kappa shape index (κ3) is 51.2. The van der Waals surface area contributed by atoms with E-state index in [0.29, 0.717) is 206 Å². The first-order valence-electron chi connectivity index (χ1n) is 47.5. The van der Waals surface area contributed by atoms with Crippen molar-refractivity contribution in [2.75, 3.05) is 177 Å². The van der Waals surface area contributed by atoms with Crippen LogP contribution >= 0.6 is 11.8 Å². The molecule has 0 fully saturated rings.